The van der Waals surface area contributed by atoms with Gasteiger partial charge in [-0.1, -0.05) is 78.6 Å². The molecule has 1 aliphatic carbocycles. The van der Waals surface area contributed by atoms with Crippen LogP contribution in [0.5, 0.6) is 0 Å². The summed E-state index contributed by atoms with van der Waals surface area (Å²) in [5, 5.41) is 21.2. The molecule has 3 aromatic heterocycles. The maximum Gasteiger partial charge on any atom is 2.00 e. The first-order valence-electron chi connectivity index (χ1n) is 13.2. The summed E-state index contributed by atoms with van der Waals surface area (Å²) in [5.41, 5.74) is 9.05. The largest absolute Gasteiger partial charge is 2.00 e. The molecular formula is C32H29MgN4O3-3. The van der Waals surface area contributed by atoms with Crippen molar-refractivity contribution in [1.82, 2.24) is 15.0 Å². The zero-order chi connectivity index (χ0) is 27.7. The molecular weight excluding hydrogens is 513 g/mol. The third-order valence-electron chi connectivity index (χ3n) is 8.20. The van der Waals surface area contributed by atoms with Gasteiger partial charge in [-0.2, -0.15) is 5.70 Å². The molecule has 0 saturated heterocycles. The number of rotatable bonds is 3. The summed E-state index contributed by atoms with van der Waals surface area (Å²) in [6.45, 7) is 14.1. The number of fused-ring (bicyclic) bond motifs is 8. The maximum atomic E-state index is 13.7. The van der Waals surface area contributed by atoms with E-state index in [1.54, 1.807) is 0 Å². The Bertz CT molecular complexity index is 1910. The first-order chi connectivity index (χ1) is 18.7. The monoisotopic (exact) mass is 541 g/mol. The molecule has 0 amide bonds. The summed E-state index contributed by atoms with van der Waals surface area (Å²) in [7, 11) is 1.30. The second kappa shape index (κ2) is 10.1. The van der Waals surface area contributed by atoms with Gasteiger partial charge in [0, 0.05) is 0 Å². The summed E-state index contributed by atoms with van der Waals surface area (Å²) in [4.78, 5) is 27.7. The van der Waals surface area contributed by atoms with E-state index in [0.29, 0.717) is 27.5 Å². The van der Waals surface area contributed by atoms with Gasteiger partial charge < -0.3 is 30.1 Å². The average Bonchev–Trinajstić information content (AvgIpc) is 3.66. The van der Waals surface area contributed by atoms with Crippen LogP contribution in [0.4, 0.5) is 0 Å². The predicted octanol–water partition coefficient (Wildman–Crippen LogP) is 0.649. The molecule has 2 atom stereocenters. The van der Waals surface area contributed by atoms with E-state index in [9.17, 15) is 9.90 Å². The van der Waals surface area contributed by atoms with Gasteiger partial charge in [0.15, 0.2) is 0 Å². The molecule has 3 aromatic rings. The summed E-state index contributed by atoms with van der Waals surface area (Å²) in [6, 6.07) is 0. The van der Waals surface area contributed by atoms with Crippen molar-refractivity contribution in [2.24, 2.45) is 11.8 Å². The maximum absolute atomic E-state index is 13.7. The van der Waals surface area contributed by atoms with Gasteiger partial charge in [0.2, 0.25) is 0 Å². The van der Waals surface area contributed by atoms with Gasteiger partial charge in [0.05, 0.1) is 13.0 Å². The Balaban J connectivity index is 0.00000323. The smallest absolute Gasteiger partial charge is 0.874 e. The first kappa shape index (κ1) is 27.9. The number of aromatic nitrogens is 3. The number of methoxy groups -OCH3 is 1. The zero-order valence-electron chi connectivity index (χ0n) is 23.7. The van der Waals surface area contributed by atoms with Crippen LogP contribution in [-0.4, -0.2) is 36.1 Å². The van der Waals surface area contributed by atoms with Crippen LogP contribution in [0.1, 0.15) is 58.7 Å². The Hall–Kier alpha value is -3.62. The number of carbonyl (C=O) groups is 1. The normalized spacial score (nSPS) is 21.8. The fourth-order valence-electron chi connectivity index (χ4n) is 5.99. The number of hydrogen-bond acceptors (Lipinski definition) is 3. The molecule has 200 valence electrons. The Kier molecular flexibility index (Phi) is 7.04. The molecule has 0 spiro atoms. The van der Waals surface area contributed by atoms with Crippen molar-refractivity contribution in [3.63, 3.8) is 0 Å². The van der Waals surface area contributed by atoms with Crippen LogP contribution >= 0.6 is 0 Å². The Morgan fingerprint density at radius 3 is 2.40 bits per heavy atom. The van der Waals surface area contributed by atoms with Crippen LogP contribution in [-0.2, 0) is 16.0 Å². The minimum Gasteiger partial charge on any atom is -0.874 e. The van der Waals surface area contributed by atoms with E-state index in [2.05, 4.69) is 20.4 Å². The molecule has 40 heavy (non-hydrogen) atoms. The molecule has 0 radical (unpaired) electrons. The van der Waals surface area contributed by atoms with Gasteiger partial charge in [-0.3, -0.25) is 4.79 Å². The van der Waals surface area contributed by atoms with E-state index in [1.807, 2.05) is 51.2 Å². The Labute approximate surface area is 249 Å². The molecule has 0 unspecified atom stereocenters. The quantitative estimate of drug-likeness (QED) is 0.356. The molecule has 0 saturated carbocycles. The first-order valence-corrected chi connectivity index (χ1v) is 13.2. The van der Waals surface area contributed by atoms with Gasteiger partial charge in [0.25, 0.3) is 0 Å². The van der Waals surface area contributed by atoms with Crippen LogP contribution in [0, 0.1) is 32.6 Å². The van der Waals surface area contributed by atoms with E-state index in [0.717, 1.165) is 62.0 Å². The SMILES string of the molecule is C=Cc1c2[n-]c(c1C)/C=C1\[N-]C(=C[C@@H]1C)C1=c3[n-]c(c(C)c3=C([O-])[C@@H]1C(=O)OC)/C=c1\[n-]/c(c(C)c1CC)=C\2.[Mg+2]. The number of nitrogens with zero attached hydrogens (tertiary/aromatic N) is 4. The molecule has 8 bridgehead atoms. The van der Waals surface area contributed by atoms with E-state index < -0.39 is 11.9 Å². The van der Waals surface area contributed by atoms with Crippen molar-refractivity contribution in [3.05, 3.63) is 95.5 Å². The van der Waals surface area contributed by atoms with Crippen molar-refractivity contribution < 1.29 is 14.6 Å². The van der Waals surface area contributed by atoms with E-state index in [-0.39, 0.29) is 34.7 Å². The van der Waals surface area contributed by atoms with Crippen LogP contribution in [0.2, 0.25) is 0 Å². The van der Waals surface area contributed by atoms with Crippen LogP contribution in [0.25, 0.3) is 41.0 Å². The third kappa shape index (κ3) is 3.96. The van der Waals surface area contributed by atoms with E-state index >= 15 is 0 Å². The number of esters is 1. The molecule has 7 nitrogen and oxygen atoms in total. The summed E-state index contributed by atoms with van der Waals surface area (Å²) >= 11 is 0. The van der Waals surface area contributed by atoms with Gasteiger partial charge >= 0.3 is 29.0 Å². The zero-order valence-corrected chi connectivity index (χ0v) is 25.1. The molecule has 0 N–H and O–H groups in total. The molecule has 3 aliphatic rings. The molecule has 2 aliphatic heterocycles. The molecule has 6 rings (SSSR count). The second-order valence-corrected chi connectivity index (χ2v) is 10.4. The van der Waals surface area contributed by atoms with Gasteiger partial charge in [-0.15, -0.1) is 44.6 Å². The van der Waals surface area contributed by atoms with Crippen molar-refractivity contribution in [3.8, 4) is 0 Å². The fourth-order valence-corrected chi connectivity index (χ4v) is 5.99. The summed E-state index contributed by atoms with van der Waals surface area (Å²) in [5.74, 6) is -2.05. The fraction of sp³-hybridized carbons (Fsp3) is 0.281. The van der Waals surface area contributed by atoms with Crippen LogP contribution in [0.15, 0.2) is 24.0 Å². The van der Waals surface area contributed by atoms with Crippen LogP contribution in [0.3, 0.4) is 0 Å². The number of ether oxygens (including phenoxy) is 1. The summed E-state index contributed by atoms with van der Waals surface area (Å²) < 4.78 is 5.06. The topological polar surface area (TPSA) is 106 Å². The molecule has 5 heterocycles. The minimum absolute atomic E-state index is 0. The minimum atomic E-state index is -1.09. The van der Waals surface area contributed by atoms with Gasteiger partial charge in [0.1, 0.15) is 0 Å². The molecule has 0 fully saturated rings. The van der Waals surface area contributed by atoms with Crippen molar-refractivity contribution in [2.75, 3.05) is 7.11 Å². The number of hydrogen-bond donors (Lipinski definition) is 0. The summed E-state index contributed by atoms with van der Waals surface area (Å²) in [6.07, 6.45) is 10.5. The number of allylic oxidation sites excluding steroid dienone is 2. The Morgan fingerprint density at radius 2 is 1.73 bits per heavy atom. The van der Waals surface area contributed by atoms with E-state index in [4.69, 9.17) is 25.0 Å². The van der Waals surface area contributed by atoms with Crippen molar-refractivity contribution in [2.45, 2.75) is 41.0 Å². The second-order valence-electron chi connectivity index (χ2n) is 10.4. The average molecular weight is 542 g/mol. The van der Waals surface area contributed by atoms with Crippen LogP contribution < -0.4 is 41.3 Å². The standard InChI is InChI=1S/C32H30N4O3.Mg/c1-8-18-15(4)21-11-20-14(3)10-26(33-20)28-29(32(38)39-7)31(37)27-17(6)23(36-30(27)28)13-25-19(9-2)16(5)22(35-25)12-24(18)34-21;/h8,10-14,29,37H,1,9H2,2-7H3;/q-4;+2/p-1/b20-11-,22-12-,25-13-;/t14-,29+;/m0./s1. The molecule has 0 aromatic carbocycles. The van der Waals surface area contributed by atoms with Gasteiger partial charge in [-0.05, 0) is 43.9 Å². The Morgan fingerprint density at radius 1 is 1.02 bits per heavy atom. The van der Waals surface area contributed by atoms with Gasteiger partial charge in [-0.25, -0.2) is 0 Å². The van der Waals surface area contributed by atoms with Crippen molar-refractivity contribution >= 4 is 64.7 Å². The predicted molar refractivity (Wildman–Crippen MR) is 155 cm³/mol. The third-order valence-corrected chi connectivity index (χ3v) is 8.20. The number of carbonyl (C=O) groups excluding carboxylic acids is 1. The van der Waals surface area contributed by atoms with Crippen molar-refractivity contribution in [1.29, 1.82) is 0 Å². The van der Waals surface area contributed by atoms with E-state index in [1.165, 1.54) is 7.11 Å². The molecule has 8 heteroatoms.